The summed E-state index contributed by atoms with van der Waals surface area (Å²) in [5.41, 5.74) is 3.10. The number of amides is 1. The number of aromatic amines is 1. The molecule has 1 aromatic carbocycles. The van der Waals surface area contributed by atoms with Gasteiger partial charge in [-0.15, -0.1) is 0 Å². The summed E-state index contributed by atoms with van der Waals surface area (Å²) in [6, 6.07) is 5.38. The number of nitrogens with one attached hydrogen (secondary N) is 2. The fourth-order valence-electron chi connectivity index (χ4n) is 3.16. The van der Waals surface area contributed by atoms with Crippen molar-refractivity contribution in [2.45, 2.75) is 25.7 Å². The number of H-pyrrole nitrogens is 1. The van der Waals surface area contributed by atoms with Gasteiger partial charge in [-0.3, -0.25) is 9.59 Å². The van der Waals surface area contributed by atoms with Crippen LogP contribution in [-0.2, 0) is 27.7 Å². The Morgan fingerprint density at radius 2 is 1.92 bits per heavy atom. The third-order valence-corrected chi connectivity index (χ3v) is 5.81. The molecule has 0 saturated carbocycles. The number of carbonyl (C=O) groups is 1. The average Bonchev–Trinajstić information content (AvgIpc) is 2.54. The monoisotopic (exact) mass is 363 g/mol. The van der Waals surface area contributed by atoms with Gasteiger partial charge in [-0.05, 0) is 43.4 Å². The first-order chi connectivity index (χ1) is 11.8. The number of nitrogens with zero attached hydrogens (tertiary/aromatic N) is 1. The van der Waals surface area contributed by atoms with E-state index in [1.165, 1.54) is 7.05 Å². The molecule has 0 atom stereocenters. The van der Waals surface area contributed by atoms with Crippen molar-refractivity contribution in [3.05, 3.63) is 39.7 Å². The Labute approximate surface area is 146 Å². The number of aryl methyl sites for hydroxylation is 1. The number of fused-ring (bicyclic) bond motifs is 3. The molecule has 0 fully saturated rings. The van der Waals surface area contributed by atoms with Gasteiger partial charge >= 0.3 is 0 Å². The highest BCUT2D eigenvalue weighted by molar-refractivity contribution is 7.88. The average molecular weight is 363 g/mol. The molecule has 2 N–H and O–H groups in total. The topological polar surface area (TPSA) is 99.3 Å². The zero-order valence-corrected chi connectivity index (χ0v) is 15.1. The van der Waals surface area contributed by atoms with E-state index in [0.29, 0.717) is 11.2 Å². The Kier molecular flexibility index (Phi) is 4.66. The van der Waals surface area contributed by atoms with E-state index in [0.717, 1.165) is 52.8 Å². The number of sulfonamides is 1. The molecule has 0 spiro atoms. The zero-order valence-electron chi connectivity index (χ0n) is 14.3. The maximum absolute atomic E-state index is 12.3. The van der Waals surface area contributed by atoms with Crippen molar-refractivity contribution in [1.29, 1.82) is 0 Å². The summed E-state index contributed by atoms with van der Waals surface area (Å²) in [6.45, 7) is -0.266. The number of carbonyl (C=O) groups excluding carboxylic acids is 1. The Morgan fingerprint density at radius 1 is 1.24 bits per heavy atom. The molecule has 0 unspecified atom stereocenters. The van der Waals surface area contributed by atoms with E-state index in [1.54, 1.807) is 12.1 Å². The third kappa shape index (κ3) is 3.74. The Balaban J connectivity index is 1.87. The number of benzene rings is 1. The molecule has 2 aromatic rings. The molecule has 1 aliphatic carbocycles. The lowest BCUT2D eigenvalue weighted by Crippen LogP contribution is -2.34. The quantitative estimate of drug-likeness (QED) is 0.853. The summed E-state index contributed by atoms with van der Waals surface area (Å²) in [5, 5.41) is 3.67. The van der Waals surface area contributed by atoms with E-state index in [1.807, 2.05) is 6.07 Å². The van der Waals surface area contributed by atoms with Crippen LogP contribution in [0.2, 0.25) is 0 Å². The fraction of sp³-hybridized carbons (Fsp3) is 0.412. The van der Waals surface area contributed by atoms with Gasteiger partial charge < -0.3 is 10.3 Å². The molecule has 1 aromatic heterocycles. The summed E-state index contributed by atoms with van der Waals surface area (Å²) in [4.78, 5) is 27.2. The standard InChI is InChI=1S/C17H21N3O4S/c1-20(25(2,23)24)10-16(21)18-11-7-8-13-12-5-3-4-6-14(12)17(22)19-15(13)9-11/h7-9H,3-6,10H2,1-2H3,(H,18,21)(H,19,22). The van der Waals surface area contributed by atoms with E-state index in [-0.39, 0.29) is 12.1 Å². The number of pyridine rings is 1. The predicted molar refractivity (Wildman–Crippen MR) is 97.3 cm³/mol. The number of hydrogen-bond donors (Lipinski definition) is 2. The second kappa shape index (κ2) is 6.61. The molecule has 0 radical (unpaired) electrons. The summed E-state index contributed by atoms with van der Waals surface area (Å²) in [5.74, 6) is -0.437. The third-order valence-electron chi connectivity index (χ3n) is 4.55. The van der Waals surface area contributed by atoms with Gasteiger partial charge in [-0.25, -0.2) is 8.42 Å². The lowest BCUT2D eigenvalue weighted by molar-refractivity contribution is -0.116. The number of hydrogen-bond acceptors (Lipinski definition) is 4. The van der Waals surface area contributed by atoms with E-state index >= 15 is 0 Å². The van der Waals surface area contributed by atoms with Crippen molar-refractivity contribution in [2.75, 3.05) is 25.2 Å². The SMILES string of the molecule is CN(CC(=O)Nc1ccc2c3c(c(=O)[nH]c2c1)CCCC3)S(C)(=O)=O. The molecule has 1 aliphatic rings. The van der Waals surface area contributed by atoms with Crippen molar-refractivity contribution in [3.63, 3.8) is 0 Å². The van der Waals surface area contributed by atoms with Crippen molar-refractivity contribution in [2.24, 2.45) is 0 Å². The van der Waals surface area contributed by atoms with E-state index in [4.69, 9.17) is 0 Å². The van der Waals surface area contributed by atoms with E-state index in [9.17, 15) is 18.0 Å². The molecule has 7 nitrogen and oxygen atoms in total. The number of likely N-dealkylation sites (N-methyl/N-ethyl adjacent to an activating group) is 1. The van der Waals surface area contributed by atoms with Gasteiger partial charge in [0.1, 0.15) is 0 Å². The van der Waals surface area contributed by atoms with Crippen LogP contribution in [0.3, 0.4) is 0 Å². The summed E-state index contributed by atoms with van der Waals surface area (Å²) < 4.78 is 23.7. The first-order valence-electron chi connectivity index (χ1n) is 8.14. The smallest absolute Gasteiger partial charge is 0.251 e. The number of anilines is 1. The maximum atomic E-state index is 12.3. The molecule has 1 amide bonds. The summed E-state index contributed by atoms with van der Waals surface area (Å²) in [7, 11) is -2.07. The molecule has 1 heterocycles. The Bertz CT molecular complexity index is 995. The highest BCUT2D eigenvalue weighted by Crippen LogP contribution is 2.27. The Hall–Kier alpha value is -2.19. The molecule has 0 aliphatic heterocycles. The number of aromatic nitrogens is 1. The van der Waals surface area contributed by atoms with Gasteiger partial charge in [0.15, 0.2) is 0 Å². The largest absolute Gasteiger partial charge is 0.325 e. The molecule has 8 heteroatoms. The minimum absolute atomic E-state index is 0.0671. The molecule has 0 bridgehead atoms. The second-order valence-corrected chi connectivity index (χ2v) is 8.54. The minimum Gasteiger partial charge on any atom is -0.325 e. The summed E-state index contributed by atoms with van der Waals surface area (Å²) in [6.07, 6.45) is 4.84. The van der Waals surface area contributed by atoms with Gasteiger partial charge in [0.2, 0.25) is 15.9 Å². The minimum atomic E-state index is -3.42. The molecule has 134 valence electrons. The van der Waals surface area contributed by atoms with Gasteiger partial charge in [-0.1, -0.05) is 6.07 Å². The summed E-state index contributed by atoms with van der Waals surface area (Å²) >= 11 is 0. The predicted octanol–water partition coefficient (Wildman–Crippen LogP) is 1.24. The molecule has 0 saturated heterocycles. The normalized spacial score (nSPS) is 14.5. The van der Waals surface area contributed by atoms with Crippen molar-refractivity contribution in [3.8, 4) is 0 Å². The van der Waals surface area contributed by atoms with Crippen LogP contribution in [0, 0.1) is 0 Å². The first kappa shape index (κ1) is 17.6. The van der Waals surface area contributed by atoms with E-state index < -0.39 is 15.9 Å². The highest BCUT2D eigenvalue weighted by atomic mass is 32.2. The maximum Gasteiger partial charge on any atom is 0.251 e. The van der Waals surface area contributed by atoms with Gasteiger partial charge in [0, 0.05) is 23.7 Å². The molecular formula is C17H21N3O4S. The Morgan fingerprint density at radius 3 is 2.60 bits per heavy atom. The lowest BCUT2D eigenvalue weighted by Gasteiger charge is -2.18. The van der Waals surface area contributed by atoms with Crippen LogP contribution < -0.4 is 10.9 Å². The van der Waals surface area contributed by atoms with Crippen LogP contribution in [0.25, 0.3) is 10.9 Å². The molecule has 25 heavy (non-hydrogen) atoms. The second-order valence-electron chi connectivity index (χ2n) is 6.45. The van der Waals surface area contributed by atoms with Crippen molar-refractivity contribution >= 4 is 32.5 Å². The van der Waals surface area contributed by atoms with Gasteiger partial charge in [0.25, 0.3) is 5.56 Å². The van der Waals surface area contributed by atoms with Crippen LogP contribution in [0.4, 0.5) is 5.69 Å². The van der Waals surface area contributed by atoms with Crippen molar-refractivity contribution in [1.82, 2.24) is 9.29 Å². The fourth-order valence-corrected chi connectivity index (χ4v) is 3.51. The highest BCUT2D eigenvalue weighted by Gasteiger charge is 2.18. The van der Waals surface area contributed by atoms with Gasteiger partial charge in [0.05, 0.1) is 18.3 Å². The van der Waals surface area contributed by atoms with Crippen LogP contribution in [0.1, 0.15) is 24.0 Å². The first-order valence-corrected chi connectivity index (χ1v) is 9.99. The lowest BCUT2D eigenvalue weighted by atomic mass is 9.90. The van der Waals surface area contributed by atoms with Crippen LogP contribution in [0.5, 0.6) is 0 Å². The van der Waals surface area contributed by atoms with E-state index in [2.05, 4.69) is 10.3 Å². The number of rotatable bonds is 4. The van der Waals surface area contributed by atoms with Crippen molar-refractivity contribution < 1.29 is 13.2 Å². The van der Waals surface area contributed by atoms with Crippen LogP contribution >= 0.6 is 0 Å². The van der Waals surface area contributed by atoms with Gasteiger partial charge in [-0.2, -0.15) is 4.31 Å². The van der Waals surface area contributed by atoms with Crippen LogP contribution in [0.15, 0.2) is 23.0 Å². The van der Waals surface area contributed by atoms with Crippen LogP contribution in [-0.4, -0.2) is 43.5 Å². The molecular weight excluding hydrogens is 342 g/mol. The molecule has 3 rings (SSSR count). The zero-order chi connectivity index (χ0) is 18.2.